The summed E-state index contributed by atoms with van der Waals surface area (Å²) in [6, 6.07) is 7.55. The van der Waals surface area contributed by atoms with E-state index >= 15 is 0 Å². The van der Waals surface area contributed by atoms with Crippen molar-refractivity contribution in [2.75, 3.05) is 6.61 Å². The summed E-state index contributed by atoms with van der Waals surface area (Å²) in [5.41, 5.74) is 5.79. The molecule has 0 atom stereocenters. The lowest BCUT2D eigenvalue weighted by molar-refractivity contribution is -0.169. The smallest absolute Gasteiger partial charge is 0.350 e. The number of hydrogen-bond acceptors (Lipinski definition) is 4. The van der Waals surface area contributed by atoms with Gasteiger partial charge in [0.15, 0.2) is 0 Å². The summed E-state index contributed by atoms with van der Waals surface area (Å²) in [5, 5.41) is 0. The molecule has 4 nitrogen and oxygen atoms in total. The van der Waals surface area contributed by atoms with Gasteiger partial charge in [0, 0.05) is 12.1 Å². The highest BCUT2D eigenvalue weighted by Gasteiger charge is 2.48. The number of benzene rings is 1. The monoisotopic (exact) mass is 249 g/mol. The summed E-state index contributed by atoms with van der Waals surface area (Å²) in [6.45, 7) is 2.58. The van der Waals surface area contributed by atoms with Crippen LogP contribution in [0.15, 0.2) is 24.3 Å². The van der Waals surface area contributed by atoms with Crippen molar-refractivity contribution in [3.05, 3.63) is 29.8 Å². The zero-order valence-electron chi connectivity index (χ0n) is 10.6. The molecular weight excluding hydrogens is 230 g/mol. The van der Waals surface area contributed by atoms with Gasteiger partial charge in [0.25, 0.3) is 0 Å². The fourth-order valence-corrected chi connectivity index (χ4v) is 2.09. The fourth-order valence-electron chi connectivity index (χ4n) is 2.09. The van der Waals surface area contributed by atoms with Crippen LogP contribution in [0.4, 0.5) is 0 Å². The lowest BCUT2D eigenvalue weighted by Gasteiger charge is -2.39. The van der Waals surface area contributed by atoms with Gasteiger partial charge in [0.2, 0.25) is 5.60 Å². The van der Waals surface area contributed by atoms with Gasteiger partial charge in [-0.3, -0.25) is 0 Å². The lowest BCUT2D eigenvalue weighted by atomic mass is 9.80. The summed E-state index contributed by atoms with van der Waals surface area (Å²) in [4.78, 5) is 12.0. The van der Waals surface area contributed by atoms with Gasteiger partial charge in [-0.2, -0.15) is 0 Å². The first-order chi connectivity index (χ1) is 8.72. The van der Waals surface area contributed by atoms with Crippen molar-refractivity contribution >= 4 is 5.97 Å². The van der Waals surface area contributed by atoms with E-state index in [1.165, 1.54) is 0 Å². The molecular formula is C14H19NO3. The van der Waals surface area contributed by atoms with E-state index in [2.05, 4.69) is 0 Å². The molecule has 0 amide bonds. The summed E-state index contributed by atoms with van der Waals surface area (Å²) >= 11 is 0. The SMILES string of the molecule is CCOC(=O)C1(Oc2ccccc2CN)CCC1. The Bertz CT molecular complexity index is 427. The maximum absolute atomic E-state index is 12.0. The summed E-state index contributed by atoms with van der Waals surface area (Å²) in [6.07, 6.45) is 2.42. The molecule has 0 aliphatic heterocycles. The van der Waals surface area contributed by atoms with Crippen LogP contribution in [0.2, 0.25) is 0 Å². The van der Waals surface area contributed by atoms with Crippen LogP contribution >= 0.6 is 0 Å². The number of para-hydroxylation sites is 1. The third-order valence-electron chi connectivity index (χ3n) is 3.31. The maximum atomic E-state index is 12.0. The van der Waals surface area contributed by atoms with Crippen LogP contribution in [0.1, 0.15) is 31.7 Å². The van der Waals surface area contributed by atoms with Gasteiger partial charge in [0.05, 0.1) is 6.61 Å². The van der Waals surface area contributed by atoms with E-state index in [4.69, 9.17) is 15.2 Å². The molecule has 0 saturated heterocycles. The second kappa shape index (κ2) is 5.40. The van der Waals surface area contributed by atoms with Gasteiger partial charge in [-0.1, -0.05) is 18.2 Å². The minimum Gasteiger partial charge on any atom is -0.475 e. The van der Waals surface area contributed by atoms with Crippen molar-refractivity contribution in [3.8, 4) is 5.75 Å². The van der Waals surface area contributed by atoms with E-state index in [0.717, 1.165) is 12.0 Å². The number of nitrogens with two attached hydrogens (primary N) is 1. The molecule has 1 aromatic rings. The van der Waals surface area contributed by atoms with E-state index in [0.29, 0.717) is 31.7 Å². The Balaban J connectivity index is 2.17. The lowest BCUT2D eigenvalue weighted by Crippen LogP contribution is -2.51. The maximum Gasteiger partial charge on any atom is 0.350 e. The second-order valence-electron chi connectivity index (χ2n) is 4.48. The highest BCUT2D eigenvalue weighted by atomic mass is 16.6. The van der Waals surface area contributed by atoms with E-state index in [1.54, 1.807) is 6.92 Å². The molecule has 0 spiro atoms. The molecule has 0 aromatic heterocycles. The van der Waals surface area contributed by atoms with E-state index < -0.39 is 5.60 Å². The molecule has 1 saturated carbocycles. The van der Waals surface area contributed by atoms with Crippen molar-refractivity contribution in [3.63, 3.8) is 0 Å². The standard InChI is InChI=1S/C14H19NO3/c1-2-17-13(16)14(8-5-9-14)18-12-7-4-3-6-11(12)10-15/h3-4,6-7H,2,5,8-10,15H2,1H3. The first kappa shape index (κ1) is 12.9. The topological polar surface area (TPSA) is 61.5 Å². The molecule has 0 unspecified atom stereocenters. The first-order valence-corrected chi connectivity index (χ1v) is 6.36. The largest absolute Gasteiger partial charge is 0.475 e. The number of hydrogen-bond donors (Lipinski definition) is 1. The minimum atomic E-state index is -0.790. The van der Waals surface area contributed by atoms with E-state index in [-0.39, 0.29) is 5.97 Å². The Morgan fingerprint density at radius 1 is 1.39 bits per heavy atom. The van der Waals surface area contributed by atoms with Crippen LogP contribution < -0.4 is 10.5 Å². The molecule has 4 heteroatoms. The third kappa shape index (κ3) is 2.34. The molecule has 18 heavy (non-hydrogen) atoms. The molecule has 1 aliphatic rings. The van der Waals surface area contributed by atoms with Crippen LogP contribution in [0.5, 0.6) is 5.75 Å². The Hall–Kier alpha value is -1.55. The molecule has 2 rings (SSSR count). The summed E-state index contributed by atoms with van der Waals surface area (Å²) in [7, 11) is 0. The van der Waals surface area contributed by atoms with Gasteiger partial charge in [-0.25, -0.2) is 4.79 Å². The summed E-state index contributed by atoms with van der Waals surface area (Å²) in [5.74, 6) is 0.427. The molecule has 0 bridgehead atoms. The van der Waals surface area contributed by atoms with E-state index in [9.17, 15) is 4.79 Å². The van der Waals surface area contributed by atoms with Crippen molar-refractivity contribution in [2.45, 2.75) is 38.3 Å². The van der Waals surface area contributed by atoms with Crippen molar-refractivity contribution < 1.29 is 14.3 Å². The first-order valence-electron chi connectivity index (χ1n) is 6.36. The fraction of sp³-hybridized carbons (Fsp3) is 0.500. The van der Waals surface area contributed by atoms with Crippen LogP contribution in [0, 0.1) is 0 Å². The number of carbonyl (C=O) groups is 1. The summed E-state index contributed by atoms with van der Waals surface area (Å²) < 4.78 is 11.0. The Morgan fingerprint density at radius 3 is 2.67 bits per heavy atom. The minimum absolute atomic E-state index is 0.261. The van der Waals surface area contributed by atoms with Crippen LogP contribution in [-0.4, -0.2) is 18.2 Å². The van der Waals surface area contributed by atoms with Gasteiger partial charge in [0.1, 0.15) is 5.75 Å². The molecule has 98 valence electrons. The zero-order valence-corrected chi connectivity index (χ0v) is 10.6. The molecule has 1 aromatic carbocycles. The predicted molar refractivity (Wildman–Crippen MR) is 68.2 cm³/mol. The normalized spacial score (nSPS) is 16.8. The molecule has 1 fully saturated rings. The predicted octanol–water partition coefficient (Wildman–Crippen LogP) is 2.01. The Kier molecular flexibility index (Phi) is 3.87. The molecule has 0 radical (unpaired) electrons. The van der Waals surface area contributed by atoms with Gasteiger partial charge >= 0.3 is 5.97 Å². The van der Waals surface area contributed by atoms with Gasteiger partial charge < -0.3 is 15.2 Å². The number of esters is 1. The second-order valence-corrected chi connectivity index (χ2v) is 4.48. The number of rotatable bonds is 5. The zero-order chi connectivity index (χ0) is 13.0. The molecule has 2 N–H and O–H groups in total. The van der Waals surface area contributed by atoms with Crippen molar-refractivity contribution in [1.29, 1.82) is 0 Å². The van der Waals surface area contributed by atoms with Crippen molar-refractivity contribution in [1.82, 2.24) is 0 Å². The van der Waals surface area contributed by atoms with Crippen LogP contribution in [0.25, 0.3) is 0 Å². The average Bonchev–Trinajstić information content (AvgIpc) is 2.34. The number of ether oxygens (including phenoxy) is 2. The highest BCUT2D eigenvalue weighted by molar-refractivity contribution is 5.81. The third-order valence-corrected chi connectivity index (χ3v) is 3.31. The number of carbonyl (C=O) groups excluding carboxylic acids is 1. The van der Waals surface area contributed by atoms with Crippen LogP contribution in [-0.2, 0) is 16.1 Å². The average molecular weight is 249 g/mol. The Labute approximate surface area is 107 Å². The van der Waals surface area contributed by atoms with E-state index in [1.807, 2.05) is 24.3 Å². The molecule has 0 heterocycles. The van der Waals surface area contributed by atoms with Gasteiger partial charge in [-0.15, -0.1) is 0 Å². The van der Waals surface area contributed by atoms with Crippen molar-refractivity contribution in [2.24, 2.45) is 5.73 Å². The van der Waals surface area contributed by atoms with Gasteiger partial charge in [-0.05, 0) is 32.3 Å². The molecule has 1 aliphatic carbocycles. The Morgan fingerprint density at radius 2 is 2.11 bits per heavy atom. The van der Waals surface area contributed by atoms with Crippen LogP contribution in [0.3, 0.4) is 0 Å². The highest BCUT2D eigenvalue weighted by Crippen LogP contribution is 2.38. The quantitative estimate of drug-likeness (QED) is 0.811.